The lowest BCUT2D eigenvalue weighted by Gasteiger charge is -2.41. The quantitative estimate of drug-likeness (QED) is 0.391. The maximum Gasteiger partial charge on any atom is 0.320 e. The number of nitriles is 1. The number of likely N-dealkylation sites (N-methyl/N-ethyl adjacent to an activating group) is 1. The lowest BCUT2D eigenvalue weighted by Crippen LogP contribution is -2.55. The van der Waals surface area contributed by atoms with Crippen LogP contribution < -0.4 is 9.64 Å². The van der Waals surface area contributed by atoms with Crippen molar-refractivity contribution in [1.29, 1.82) is 5.26 Å². The van der Waals surface area contributed by atoms with Gasteiger partial charge in [-0.15, -0.1) is 0 Å². The van der Waals surface area contributed by atoms with Crippen molar-refractivity contribution < 1.29 is 13.9 Å². The zero-order valence-electron chi connectivity index (χ0n) is 23.8. The standard InChI is InChI=1S/C32H34FN7O2/c1-19(33)31(41)40-14-13-39(17-22(40)10-11-34)30-25-8-9-27(24-7-3-5-20-15-21-16-26(21)28(20)24)35-29(25)36-32(37-30)42-18-23-6-4-12-38(23)2/h3,5,7-9,21-23,26H,1,4,6,10,12-18H2,2H3/t21?,22-,23-,26?/m0/s1. The smallest absolute Gasteiger partial charge is 0.320 e. The van der Waals surface area contributed by atoms with E-state index in [-0.39, 0.29) is 19.0 Å². The van der Waals surface area contributed by atoms with Crippen molar-refractivity contribution in [3.05, 3.63) is 53.9 Å². The molecule has 0 radical (unpaired) electrons. The number of piperazine rings is 1. The zero-order valence-corrected chi connectivity index (χ0v) is 23.8. The van der Waals surface area contributed by atoms with Gasteiger partial charge in [-0.3, -0.25) is 4.79 Å². The largest absolute Gasteiger partial charge is 0.462 e. The molecule has 2 unspecified atom stereocenters. The van der Waals surface area contributed by atoms with E-state index in [2.05, 4.69) is 42.8 Å². The van der Waals surface area contributed by atoms with Gasteiger partial charge in [0.15, 0.2) is 11.5 Å². The number of halogens is 1. The molecule has 0 N–H and O–H groups in total. The molecule has 216 valence electrons. The highest BCUT2D eigenvalue weighted by atomic mass is 19.1. The fourth-order valence-corrected chi connectivity index (χ4v) is 7.10. The normalized spacial score (nSPS) is 24.8. The Bertz CT molecular complexity index is 1620. The first-order chi connectivity index (χ1) is 20.4. The number of likely N-dealkylation sites (tertiary alicyclic amines) is 1. The van der Waals surface area contributed by atoms with Gasteiger partial charge in [-0.2, -0.15) is 15.2 Å². The SMILES string of the molecule is C=C(F)C(=O)N1CCN(c2nc(OC[C@@H]3CCCN3C)nc3nc(-c4cccc5c4C4CC4C5)ccc23)C[C@@H]1CC#N. The van der Waals surface area contributed by atoms with Gasteiger partial charge in [-0.25, -0.2) is 9.37 Å². The molecule has 7 rings (SSSR count). The summed E-state index contributed by atoms with van der Waals surface area (Å²) in [5.74, 6) is 0.252. The Morgan fingerprint density at radius 2 is 2.05 bits per heavy atom. The first-order valence-electron chi connectivity index (χ1n) is 14.8. The van der Waals surface area contributed by atoms with Gasteiger partial charge in [0.05, 0.1) is 29.6 Å². The highest BCUT2D eigenvalue weighted by molar-refractivity contribution is 5.92. The van der Waals surface area contributed by atoms with Crippen LogP contribution in [-0.2, 0) is 11.2 Å². The van der Waals surface area contributed by atoms with Crippen LogP contribution in [0.2, 0.25) is 0 Å². The van der Waals surface area contributed by atoms with Crippen LogP contribution >= 0.6 is 0 Å². The summed E-state index contributed by atoms with van der Waals surface area (Å²) in [5, 5.41) is 10.2. The number of anilines is 1. The molecule has 10 heteroatoms. The molecule has 3 aromatic rings. The molecule has 0 bridgehead atoms. The molecule has 2 aliphatic carbocycles. The summed E-state index contributed by atoms with van der Waals surface area (Å²) in [4.78, 5) is 32.9. The van der Waals surface area contributed by atoms with E-state index in [1.54, 1.807) is 0 Å². The van der Waals surface area contributed by atoms with E-state index in [0.29, 0.717) is 43.1 Å². The van der Waals surface area contributed by atoms with Gasteiger partial charge >= 0.3 is 6.01 Å². The number of hydrogen-bond acceptors (Lipinski definition) is 8. The topological polar surface area (TPSA) is 98.5 Å². The first kappa shape index (κ1) is 26.8. The van der Waals surface area contributed by atoms with Crippen LogP contribution in [0.15, 0.2) is 42.7 Å². The second-order valence-corrected chi connectivity index (χ2v) is 12.0. The number of hydrogen-bond donors (Lipinski definition) is 0. The molecule has 4 atom stereocenters. The van der Waals surface area contributed by atoms with E-state index in [0.717, 1.165) is 42.8 Å². The fraction of sp³-hybridized carbons (Fsp3) is 0.469. The predicted molar refractivity (Wildman–Crippen MR) is 157 cm³/mol. The van der Waals surface area contributed by atoms with Crippen molar-refractivity contribution in [3.63, 3.8) is 0 Å². The Morgan fingerprint density at radius 1 is 1.17 bits per heavy atom. The molecule has 4 aliphatic rings. The van der Waals surface area contributed by atoms with Gasteiger partial charge in [0.2, 0.25) is 0 Å². The number of fused-ring (bicyclic) bond motifs is 4. The number of aromatic nitrogens is 3. The van der Waals surface area contributed by atoms with E-state index < -0.39 is 17.8 Å². The maximum atomic E-state index is 13.8. The molecule has 42 heavy (non-hydrogen) atoms. The van der Waals surface area contributed by atoms with Gasteiger partial charge in [-0.05, 0) is 74.4 Å². The summed E-state index contributed by atoms with van der Waals surface area (Å²) in [5.41, 5.74) is 5.46. The molecule has 2 aromatic heterocycles. The fourth-order valence-electron chi connectivity index (χ4n) is 7.10. The highest BCUT2D eigenvalue weighted by Crippen LogP contribution is 2.58. The lowest BCUT2D eigenvalue weighted by atomic mass is 9.97. The molecule has 1 aromatic carbocycles. The minimum Gasteiger partial charge on any atom is -0.462 e. The maximum absolute atomic E-state index is 13.8. The minimum atomic E-state index is -1.02. The molecule has 1 amide bonds. The molecule has 4 heterocycles. The van der Waals surface area contributed by atoms with Gasteiger partial charge in [0.1, 0.15) is 12.4 Å². The van der Waals surface area contributed by atoms with Crippen molar-refractivity contribution in [1.82, 2.24) is 24.8 Å². The number of rotatable bonds is 7. The molecule has 2 aliphatic heterocycles. The van der Waals surface area contributed by atoms with Crippen LogP contribution in [-0.4, -0.2) is 82.6 Å². The number of nitrogens with zero attached hydrogens (tertiary/aromatic N) is 7. The van der Waals surface area contributed by atoms with Gasteiger partial charge in [0, 0.05) is 31.2 Å². The Balaban J connectivity index is 1.26. The average Bonchev–Trinajstić information content (AvgIpc) is 3.47. The predicted octanol–water partition coefficient (Wildman–Crippen LogP) is 4.24. The van der Waals surface area contributed by atoms with Crippen molar-refractivity contribution in [2.75, 3.05) is 44.7 Å². The lowest BCUT2D eigenvalue weighted by molar-refractivity contribution is -0.131. The third-order valence-corrected chi connectivity index (χ3v) is 9.45. The molecule has 2 saturated heterocycles. The van der Waals surface area contributed by atoms with Crippen molar-refractivity contribution in [2.45, 2.75) is 50.1 Å². The zero-order chi connectivity index (χ0) is 29.0. The Hall–Kier alpha value is -4.10. The van der Waals surface area contributed by atoms with Crippen LogP contribution in [0.25, 0.3) is 22.3 Å². The summed E-state index contributed by atoms with van der Waals surface area (Å²) in [6, 6.07) is 12.8. The summed E-state index contributed by atoms with van der Waals surface area (Å²) >= 11 is 0. The van der Waals surface area contributed by atoms with E-state index in [1.165, 1.54) is 28.0 Å². The summed E-state index contributed by atoms with van der Waals surface area (Å²) in [6.07, 6.45) is 4.67. The molecular weight excluding hydrogens is 533 g/mol. The van der Waals surface area contributed by atoms with Crippen molar-refractivity contribution in [2.24, 2.45) is 5.92 Å². The van der Waals surface area contributed by atoms with Gasteiger partial charge in [-0.1, -0.05) is 24.8 Å². The van der Waals surface area contributed by atoms with Gasteiger partial charge < -0.3 is 19.4 Å². The van der Waals surface area contributed by atoms with E-state index in [1.807, 2.05) is 17.0 Å². The van der Waals surface area contributed by atoms with E-state index in [9.17, 15) is 14.4 Å². The van der Waals surface area contributed by atoms with Crippen molar-refractivity contribution in [3.8, 4) is 23.3 Å². The number of pyridine rings is 1. The average molecular weight is 568 g/mol. The van der Waals surface area contributed by atoms with Crippen LogP contribution in [0.3, 0.4) is 0 Å². The molecule has 9 nitrogen and oxygen atoms in total. The Morgan fingerprint density at radius 3 is 2.83 bits per heavy atom. The molecule has 3 fully saturated rings. The molecule has 1 saturated carbocycles. The summed E-state index contributed by atoms with van der Waals surface area (Å²) in [6.45, 7) is 5.67. The molecule has 0 spiro atoms. The van der Waals surface area contributed by atoms with Crippen LogP contribution in [0.5, 0.6) is 6.01 Å². The molecular formula is C32H34FN7O2. The highest BCUT2D eigenvalue weighted by Gasteiger charge is 2.46. The van der Waals surface area contributed by atoms with Crippen LogP contribution in [0.1, 0.15) is 42.7 Å². The van der Waals surface area contributed by atoms with E-state index in [4.69, 9.17) is 19.7 Å². The number of carbonyl (C=O) groups is 1. The monoisotopic (exact) mass is 567 g/mol. The number of benzene rings is 1. The van der Waals surface area contributed by atoms with Crippen LogP contribution in [0.4, 0.5) is 10.2 Å². The third-order valence-electron chi connectivity index (χ3n) is 9.45. The third kappa shape index (κ3) is 4.75. The Labute approximate surface area is 244 Å². The number of ether oxygens (including phenoxy) is 1. The van der Waals surface area contributed by atoms with Gasteiger partial charge in [0.25, 0.3) is 5.91 Å². The van der Waals surface area contributed by atoms with Crippen molar-refractivity contribution >= 4 is 22.8 Å². The summed E-state index contributed by atoms with van der Waals surface area (Å²) in [7, 11) is 2.10. The number of carbonyl (C=O) groups excluding carboxylic acids is 1. The van der Waals surface area contributed by atoms with E-state index >= 15 is 0 Å². The Kier molecular flexibility index (Phi) is 6.77. The van der Waals surface area contributed by atoms with Crippen LogP contribution in [0, 0.1) is 17.2 Å². The minimum absolute atomic E-state index is 0.0690. The second kappa shape index (κ2) is 10.6. The second-order valence-electron chi connectivity index (χ2n) is 12.0. The number of amides is 1. The summed E-state index contributed by atoms with van der Waals surface area (Å²) < 4.78 is 20.0. The first-order valence-corrected chi connectivity index (χ1v) is 14.8.